The molecular weight excluding hydrogens is 391 g/mol. The number of benzene rings is 2. The van der Waals surface area contributed by atoms with Crippen LogP contribution in [0.25, 0.3) is 11.0 Å². The molecule has 0 radical (unpaired) electrons. The third kappa shape index (κ3) is 2.61. The Balaban J connectivity index is 1.82. The van der Waals surface area contributed by atoms with E-state index in [9.17, 15) is 14.0 Å². The zero-order valence-corrected chi connectivity index (χ0v) is 16.4. The summed E-state index contributed by atoms with van der Waals surface area (Å²) in [5.74, 6) is -0.809. The maximum absolute atomic E-state index is 13.5. The highest BCUT2D eigenvalue weighted by Crippen LogP contribution is 2.42. The van der Waals surface area contributed by atoms with Gasteiger partial charge in [0.05, 0.1) is 22.7 Å². The quantitative estimate of drug-likeness (QED) is 0.482. The number of nitrogens with zero attached hydrogens (tertiary/aromatic N) is 2. The fourth-order valence-electron chi connectivity index (χ4n) is 3.64. The van der Waals surface area contributed by atoms with Crippen LogP contribution in [0.5, 0.6) is 0 Å². The number of aryl methyl sites for hydroxylation is 2. The minimum atomic E-state index is -0.732. The summed E-state index contributed by atoms with van der Waals surface area (Å²) in [5.41, 5.74) is 1.78. The van der Waals surface area contributed by atoms with Gasteiger partial charge in [-0.3, -0.25) is 14.5 Å². The van der Waals surface area contributed by atoms with Crippen molar-refractivity contribution < 1.29 is 13.6 Å². The van der Waals surface area contributed by atoms with Crippen molar-refractivity contribution in [1.29, 1.82) is 0 Å². The van der Waals surface area contributed by atoms with Gasteiger partial charge in [0, 0.05) is 4.88 Å². The van der Waals surface area contributed by atoms with Gasteiger partial charge in [-0.1, -0.05) is 24.3 Å². The first-order valence-electron chi connectivity index (χ1n) is 9.04. The van der Waals surface area contributed by atoms with Gasteiger partial charge in [0.25, 0.3) is 5.91 Å². The normalized spacial score (nSPS) is 15.9. The van der Waals surface area contributed by atoms with Gasteiger partial charge >= 0.3 is 0 Å². The van der Waals surface area contributed by atoms with Gasteiger partial charge < -0.3 is 4.42 Å². The van der Waals surface area contributed by atoms with E-state index >= 15 is 0 Å². The Morgan fingerprint density at radius 3 is 2.48 bits per heavy atom. The molecule has 4 aromatic rings. The Hall–Kier alpha value is -3.32. The Morgan fingerprint density at radius 2 is 1.79 bits per heavy atom. The fraction of sp³-hybridized carbons (Fsp3) is 0.136. The van der Waals surface area contributed by atoms with Crippen LogP contribution < -0.4 is 10.3 Å². The van der Waals surface area contributed by atoms with Crippen molar-refractivity contribution in [2.24, 2.45) is 0 Å². The highest BCUT2D eigenvalue weighted by molar-refractivity contribution is 7.15. The number of hydrogen-bond donors (Lipinski definition) is 0. The third-order valence-electron chi connectivity index (χ3n) is 5.19. The number of aromatic nitrogens is 1. The number of para-hydroxylation sites is 1. The van der Waals surface area contributed by atoms with Gasteiger partial charge in [0.2, 0.25) is 5.76 Å². The van der Waals surface area contributed by atoms with E-state index in [2.05, 4.69) is 4.98 Å². The lowest BCUT2D eigenvalue weighted by atomic mass is 9.99. The standard InChI is InChI=1S/C22H15FN2O3S/c1-11-12(2)29-22(24-11)25-18(13-7-9-14(23)10-8-13)17-19(26)15-5-3-4-6-16(15)28-20(17)21(25)27/h3-10,18H,1-2H3/t18-/m0/s1. The molecule has 1 aliphatic heterocycles. The topological polar surface area (TPSA) is 63.4 Å². The van der Waals surface area contributed by atoms with Crippen molar-refractivity contribution >= 4 is 33.3 Å². The molecule has 1 aliphatic rings. The number of amides is 1. The van der Waals surface area contributed by atoms with Crippen molar-refractivity contribution in [3.63, 3.8) is 0 Å². The van der Waals surface area contributed by atoms with Crippen LogP contribution in [-0.2, 0) is 0 Å². The summed E-state index contributed by atoms with van der Waals surface area (Å²) >= 11 is 1.37. The summed E-state index contributed by atoms with van der Waals surface area (Å²) in [6.07, 6.45) is 0. The number of carbonyl (C=O) groups is 1. The highest BCUT2D eigenvalue weighted by Gasteiger charge is 2.45. The minimum Gasteiger partial charge on any atom is -0.450 e. The molecule has 29 heavy (non-hydrogen) atoms. The number of fused-ring (bicyclic) bond motifs is 2. The van der Waals surface area contributed by atoms with E-state index in [1.165, 1.54) is 28.4 Å². The summed E-state index contributed by atoms with van der Waals surface area (Å²) in [6, 6.07) is 11.9. The van der Waals surface area contributed by atoms with Gasteiger partial charge in [-0.05, 0) is 43.7 Å². The lowest BCUT2D eigenvalue weighted by molar-refractivity contribution is 0.0971. The average Bonchev–Trinajstić information content (AvgIpc) is 3.19. The first kappa shape index (κ1) is 17.8. The molecule has 7 heteroatoms. The van der Waals surface area contributed by atoms with Crippen LogP contribution in [0.15, 0.2) is 57.7 Å². The number of hydrogen-bond acceptors (Lipinski definition) is 5. The second-order valence-corrected chi connectivity index (χ2v) is 8.12. The zero-order valence-electron chi connectivity index (χ0n) is 15.6. The monoisotopic (exact) mass is 406 g/mol. The predicted octanol–water partition coefficient (Wildman–Crippen LogP) is 4.76. The summed E-state index contributed by atoms with van der Waals surface area (Å²) in [4.78, 5) is 33.7. The van der Waals surface area contributed by atoms with E-state index in [4.69, 9.17) is 4.42 Å². The molecule has 5 nitrogen and oxygen atoms in total. The van der Waals surface area contributed by atoms with Crippen LogP contribution in [-0.4, -0.2) is 10.9 Å². The Bertz CT molecular complexity index is 1320. The van der Waals surface area contributed by atoms with E-state index in [0.717, 1.165) is 10.6 Å². The van der Waals surface area contributed by atoms with Crippen molar-refractivity contribution in [1.82, 2.24) is 4.98 Å². The number of thiazole rings is 1. The molecular formula is C22H15FN2O3S. The molecule has 144 valence electrons. The predicted molar refractivity (Wildman–Crippen MR) is 109 cm³/mol. The fourth-order valence-corrected chi connectivity index (χ4v) is 4.57. The molecule has 0 fully saturated rings. The van der Waals surface area contributed by atoms with Crippen LogP contribution in [0.4, 0.5) is 9.52 Å². The van der Waals surface area contributed by atoms with E-state index in [-0.39, 0.29) is 16.8 Å². The maximum atomic E-state index is 13.5. The molecule has 2 aromatic carbocycles. The molecule has 0 bridgehead atoms. The molecule has 0 saturated carbocycles. The van der Waals surface area contributed by atoms with Gasteiger partial charge in [0.15, 0.2) is 10.6 Å². The number of anilines is 1. The van der Waals surface area contributed by atoms with Crippen LogP contribution in [0.1, 0.15) is 38.3 Å². The van der Waals surface area contributed by atoms with Crippen molar-refractivity contribution in [2.75, 3.05) is 4.90 Å². The molecule has 1 amide bonds. The van der Waals surface area contributed by atoms with Gasteiger partial charge in [-0.15, -0.1) is 11.3 Å². The molecule has 0 N–H and O–H groups in total. The van der Waals surface area contributed by atoms with E-state index < -0.39 is 17.8 Å². The molecule has 0 spiro atoms. The number of rotatable bonds is 2. The van der Waals surface area contributed by atoms with Crippen molar-refractivity contribution in [3.8, 4) is 0 Å². The van der Waals surface area contributed by atoms with Gasteiger partial charge in [-0.25, -0.2) is 9.37 Å². The first-order chi connectivity index (χ1) is 14.0. The third-order valence-corrected chi connectivity index (χ3v) is 6.26. The molecule has 0 unspecified atom stereocenters. The summed E-state index contributed by atoms with van der Waals surface area (Å²) < 4.78 is 19.4. The molecule has 2 aromatic heterocycles. The van der Waals surface area contributed by atoms with Crippen LogP contribution in [0, 0.1) is 19.7 Å². The van der Waals surface area contributed by atoms with Crippen molar-refractivity contribution in [2.45, 2.75) is 19.9 Å². The number of halogens is 1. The highest BCUT2D eigenvalue weighted by atomic mass is 32.1. The van der Waals surface area contributed by atoms with E-state index in [1.54, 1.807) is 36.4 Å². The second kappa shape index (κ2) is 6.35. The number of carbonyl (C=O) groups excluding carboxylic acids is 1. The van der Waals surface area contributed by atoms with Gasteiger partial charge in [-0.2, -0.15) is 0 Å². The molecule has 3 heterocycles. The average molecular weight is 406 g/mol. The van der Waals surface area contributed by atoms with Crippen LogP contribution in [0.3, 0.4) is 0 Å². The maximum Gasteiger partial charge on any atom is 0.297 e. The molecule has 5 rings (SSSR count). The molecule has 1 atom stereocenters. The molecule has 0 saturated heterocycles. The second-order valence-electron chi connectivity index (χ2n) is 6.94. The Kier molecular flexibility index (Phi) is 3.89. The van der Waals surface area contributed by atoms with Crippen LogP contribution in [0.2, 0.25) is 0 Å². The lowest BCUT2D eigenvalue weighted by Crippen LogP contribution is -2.29. The lowest BCUT2D eigenvalue weighted by Gasteiger charge is -2.22. The smallest absolute Gasteiger partial charge is 0.297 e. The summed E-state index contributed by atoms with van der Waals surface area (Å²) in [7, 11) is 0. The largest absolute Gasteiger partial charge is 0.450 e. The van der Waals surface area contributed by atoms with Crippen LogP contribution >= 0.6 is 11.3 Å². The van der Waals surface area contributed by atoms with E-state index in [1.807, 2.05) is 13.8 Å². The van der Waals surface area contributed by atoms with E-state index in [0.29, 0.717) is 21.7 Å². The Labute approximate surface area is 169 Å². The summed E-state index contributed by atoms with van der Waals surface area (Å²) in [6.45, 7) is 3.79. The minimum absolute atomic E-state index is 0.00790. The Morgan fingerprint density at radius 1 is 1.07 bits per heavy atom. The molecule has 0 aliphatic carbocycles. The summed E-state index contributed by atoms with van der Waals surface area (Å²) in [5, 5.41) is 0.883. The van der Waals surface area contributed by atoms with Gasteiger partial charge in [0.1, 0.15) is 11.4 Å². The first-order valence-corrected chi connectivity index (χ1v) is 9.86. The zero-order chi connectivity index (χ0) is 20.3. The van der Waals surface area contributed by atoms with Crippen molar-refractivity contribution in [3.05, 3.63) is 92.0 Å². The SMILES string of the molecule is Cc1nc(N2C(=O)c3oc4ccccc4c(=O)c3[C@@H]2c2ccc(F)cc2)sc1C.